The number of benzene rings is 2. The summed E-state index contributed by atoms with van der Waals surface area (Å²) in [4.78, 5) is 12.5. The Morgan fingerprint density at radius 2 is 1.58 bits per heavy atom. The molecule has 0 aliphatic heterocycles. The predicted octanol–water partition coefficient (Wildman–Crippen LogP) is 4.19. The van der Waals surface area contributed by atoms with Crippen LogP contribution in [0.25, 0.3) is 0 Å². The zero-order chi connectivity index (χ0) is 16.8. The minimum atomic E-state index is -0.953. The first kappa shape index (κ1) is 19.7. The van der Waals surface area contributed by atoms with Gasteiger partial charge >= 0.3 is 0 Å². The molecule has 0 aliphatic rings. The molecule has 0 heterocycles. The summed E-state index contributed by atoms with van der Waals surface area (Å²) >= 11 is 12.0. The summed E-state index contributed by atoms with van der Waals surface area (Å²) in [5.74, 6) is -1.70. The van der Waals surface area contributed by atoms with Crippen LogP contribution in [0.3, 0.4) is 0 Å². The molecular weight excluding hydrogens is 347 g/mol. The summed E-state index contributed by atoms with van der Waals surface area (Å²) in [5, 5.41) is 19.4. The Labute approximate surface area is 150 Å². The van der Waals surface area contributed by atoms with Crippen molar-refractivity contribution in [2.45, 2.75) is 12.3 Å². The maximum absolute atomic E-state index is 12.5. The van der Waals surface area contributed by atoms with Gasteiger partial charge in [0, 0.05) is 27.9 Å². The fourth-order valence-corrected chi connectivity index (χ4v) is 2.75. The molecule has 0 saturated heterocycles. The van der Waals surface area contributed by atoms with Gasteiger partial charge in [-0.2, -0.15) is 10.5 Å². The van der Waals surface area contributed by atoms with Crippen LogP contribution in [0.4, 0.5) is 0 Å². The average Bonchev–Trinajstić information content (AvgIpc) is 2.56. The van der Waals surface area contributed by atoms with Crippen LogP contribution in [0.1, 0.15) is 28.3 Å². The zero-order valence-corrected chi connectivity index (χ0v) is 14.1. The number of nitriles is 2. The summed E-state index contributed by atoms with van der Waals surface area (Å²) < 4.78 is 0. The van der Waals surface area contributed by atoms with Gasteiger partial charge in [0.15, 0.2) is 5.78 Å². The zero-order valence-electron chi connectivity index (χ0n) is 12.5. The normalized spacial score (nSPS) is 11.0. The number of carbonyl (C=O) groups excluding carboxylic acids is 1. The van der Waals surface area contributed by atoms with Crippen molar-refractivity contribution in [2.24, 2.45) is 5.92 Å². The maximum atomic E-state index is 12.5. The molecule has 1 atom stereocenters. The maximum Gasteiger partial charge on any atom is 0.163 e. The second-order valence-electron chi connectivity index (χ2n) is 5.00. The number of rotatable bonds is 5. The van der Waals surface area contributed by atoms with E-state index < -0.39 is 11.8 Å². The van der Waals surface area contributed by atoms with Crippen molar-refractivity contribution in [1.82, 2.24) is 0 Å². The van der Waals surface area contributed by atoms with Crippen molar-refractivity contribution in [3.63, 3.8) is 0 Å². The van der Waals surface area contributed by atoms with Gasteiger partial charge in [0.05, 0.1) is 12.1 Å². The standard InChI is InChI=1S/C18H12Cl2N2O.H2O/c19-14-7-5-12(6-8-14)18(23)9-16(13(10-21)11-22)15-3-1-2-4-17(15)20;/h1-8,13,16H,9H2;1H2. The highest BCUT2D eigenvalue weighted by Crippen LogP contribution is 2.34. The Morgan fingerprint density at radius 3 is 2.12 bits per heavy atom. The lowest BCUT2D eigenvalue weighted by Crippen LogP contribution is -2.15. The summed E-state index contributed by atoms with van der Waals surface area (Å²) in [6.45, 7) is 0. The Hall–Kier alpha value is -2.37. The molecule has 2 rings (SSSR count). The average molecular weight is 361 g/mol. The van der Waals surface area contributed by atoms with Gasteiger partial charge < -0.3 is 5.48 Å². The molecule has 122 valence electrons. The Morgan fingerprint density at radius 1 is 1.00 bits per heavy atom. The topological polar surface area (TPSA) is 96.2 Å². The van der Waals surface area contributed by atoms with E-state index in [0.717, 1.165) is 0 Å². The van der Waals surface area contributed by atoms with Crippen LogP contribution in [0, 0.1) is 28.6 Å². The van der Waals surface area contributed by atoms with Crippen LogP contribution in [-0.2, 0) is 0 Å². The van der Waals surface area contributed by atoms with E-state index in [-0.39, 0.29) is 17.7 Å². The van der Waals surface area contributed by atoms with E-state index in [9.17, 15) is 15.3 Å². The fourth-order valence-electron chi connectivity index (χ4n) is 2.35. The van der Waals surface area contributed by atoms with E-state index in [1.54, 1.807) is 48.5 Å². The highest BCUT2D eigenvalue weighted by Gasteiger charge is 2.27. The molecule has 6 heteroatoms. The third-order valence-electron chi connectivity index (χ3n) is 3.56. The van der Waals surface area contributed by atoms with E-state index in [2.05, 4.69) is 0 Å². The first-order valence-electron chi connectivity index (χ1n) is 6.89. The molecule has 0 fully saturated rings. The summed E-state index contributed by atoms with van der Waals surface area (Å²) in [5.41, 5.74) is 1.12. The van der Waals surface area contributed by atoms with Gasteiger partial charge in [-0.3, -0.25) is 4.79 Å². The molecule has 0 aliphatic carbocycles. The molecule has 0 amide bonds. The molecule has 2 aromatic rings. The van der Waals surface area contributed by atoms with Gasteiger partial charge in [-0.25, -0.2) is 0 Å². The Bertz CT molecular complexity index is 778. The monoisotopic (exact) mass is 360 g/mol. The van der Waals surface area contributed by atoms with E-state index in [1.807, 2.05) is 12.1 Å². The molecule has 4 nitrogen and oxygen atoms in total. The SMILES string of the molecule is N#CC(C#N)C(CC(=O)c1ccc(Cl)cc1)c1ccccc1Cl.O. The molecule has 0 spiro atoms. The van der Waals surface area contributed by atoms with E-state index >= 15 is 0 Å². The molecule has 1 unspecified atom stereocenters. The van der Waals surface area contributed by atoms with Crippen LogP contribution < -0.4 is 0 Å². The minimum absolute atomic E-state index is 0. The number of hydrogen-bond donors (Lipinski definition) is 0. The summed E-state index contributed by atoms with van der Waals surface area (Å²) in [6.07, 6.45) is 0.0250. The van der Waals surface area contributed by atoms with Crippen LogP contribution in [0.15, 0.2) is 48.5 Å². The number of carbonyl (C=O) groups is 1. The lowest BCUT2D eigenvalue weighted by molar-refractivity contribution is 0.0971. The highest BCUT2D eigenvalue weighted by molar-refractivity contribution is 6.31. The van der Waals surface area contributed by atoms with Crippen LogP contribution in [0.5, 0.6) is 0 Å². The van der Waals surface area contributed by atoms with Gasteiger partial charge in [-0.15, -0.1) is 0 Å². The smallest absolute Gasteiger partial charge is 0.163 e. The minimum Gasteiger partial charge on any atom is -0.412 e. The van der Waals surface area contributed by atoms with Gasteiger partial charge in [0.1, 0.15) is 5.92 Å². The first-order valence-corrected chi connectivity index (χ1v) is 7.65. The van der Waals surface area contributed by atoms with Gasteiger partial charge in [-0.1, -0.05) is 41.4 Å². The van der Waals surface area contributed by atoms with Gasteiger partial charge in [-0.05, 0) is 35.9 Å². The molecule has 0 radical (unpaired) electrons. The molecule has 2 N–H and O–H groups in total. The van der Waals surface area contributed by atoms with E-state index in [0.29, 0.717) is 21.2 Å². The largest absolute Gasteiger partial charge is 0.412 e. The quantitative estimate of drug-likeness (QED) is 0.747. The predicted molar refractivity (Wildman–Crippen MR) is 92.9 cm³/mol. The lowest BCUT2D eigenvalue weighted by atomic mass is 9.82. The second kappa shape index (κ2) is 9.05. The fraction of sp³-hybridized carbons (Fsp3) is 0.167. The van der Waals surface area contributed by atoms with Crippen LogP contribution in [-0.4, -0.2) is 11.3 Å². The van der Waals surface area contributed by atoms with Gasteiger partial charge in [0.2, 0.25) is 0 Å². The number of nitrogens with zero attached hydrogens (tertiary/aromatic N) is 2. The molecule has 24 heavy (non-hydrogen) atoms. The second-order valence-corrected chi connectivity index (χ2v) is 5.84. The molecule has 2 aromatic carbocycles. The van der Waals surface area contributed by atoms with Crippen molar-refractivity contribution in [3.05, 3.63) is 69.7 Å². The molecular formula is C18H14Cl2N2O2. The van der Waals surface area contributed by atoms with Crippen LogP contribution in [0.2, 0.25) is 10.0 Å². The third-order valence-corrected chi connectivity index (χ3v) is 4.15. The van der Waals surface area contributed by atoms with Crippen molar-refractivity contribution in [2.75, 3.05) is 0 Å². The summed E-state index contributed by atoms with van der Waals surface area (Å²) in [7, 11) is 0. The van der Waals surface area contributed by atoms with Gasteiger partial charge in [0.25, 0.3) is 0 Å². The molecule has 0 aromatic heterocycles. The number of halogens is 2. The summed E-state index contributed by atoms with van der Waals surface area (Å²) in [6, 6.07) is 17.4. The number of hydrogen-bond acceptors (Lipinski definition) is 3. The Balaban J connectivity index is 0.00000288. The van der Waals surface area contributed by atoms with E-state index in [4.69, 9.17) is 23.2 Å². The van der Waals surface area contributed by atoms with E-state index in [1.165, 1.54) is 0 Å². The van der Waals surface area contributed by atoms with Crippen molar-refractivity contribution >= 4 is 29.0 Å². The highest BCUT2D eigenvalue weighted by atomic mass is 35.5. The van der Waals surface area contributed by atoms with Crippen molar-refractivity contribution in [3.8, 4) is 12.1 Å². The lowest BCUT2D eigenvalue weighted by Gasteiger charge is -2.18. The van der Waals surface area contributed by atoms with Crippen molar-refractivity contribution in [1.29, 1.82) is 10.5 Å². The number of ketones is 1. The molecule has 0 saturated carbocycles. The first-order chi connectivity index (χ1) is 11.1. The van der Waals surface area contributed by atoms with Crippen molar-refractivity contribution < 1.29 is 10.3 Å². The number of Topliss-reactive ketones (excluding diaryl/α,β-unsaturated/α-hetero) is 1. The van der Waals surface area contributed by atoms with Crippen LogP contribution >= 0.6 is 23.2 Å². The molecule has 0 bridgehead atoms. The third kappa shape index (κ3) is 4.57. The Kier molecular flexibility index (Phi) is 7.42.